The van der Waals surface area contributed by atoms with Crippen molar-refractivity contribution in [3.63, 3.8) is 0 Å². The number of carbonyl (C=O) groups excluding carboxylic acids is 1. The van der Waals surface area contributed by atoms with Crippen molar-refractivity contribution in [3.05, 3.63) is 24.3 Å². The lowest BCUT2D eigenvalue weighted by molar-refractivity contribution is -0.119. The maximum Gasteiger partial charge on any atom is 0.241 e. The van der Waals surface area contributed by atoms with E-state index in [-0.39, 0.29) is 23.1 Å². The Balaban J connectivity index is 2.63. The number of carbonyl (C=O) groups is 1. The molecule has 0 radical (unpaired) electrons. The van der Waals surface area contributed by atoms with E-state index >= 15 is 0 Å². The van der Waals surface area contributed by atoms with Gasteiger partial charge in [0.1, 0.15) is 5.75 Å². The molecule has 0 heterocycles. The van der Waals surface area contributed by atoms with Gasteiger partial charge in [0.05, 0.1) is 11.4 Å². The summed E-state index contributed by atoms with van der Waals surface area (Å²) in [4.78, 5) is 11.2. The summed E-state index contributed by atoms with van der Waals surface area (Å²) < 4.78 is 25.7. The van der Waals surface area contributed by atoms with Gasteiger partial charge in [0.2, 0.25) is 15.9 Å². The van der Waals surface area contributed by atoms with Crippen LogP contribution in [0.15, 0.2) is 29.2 Å². The molecule has 6 nitrogen and oxygen atoms in total. The molecule has 0 aliphatic carbocycles. The van der Waals surface area contributed by atoms with Crippen LogP contribution in [0.1, 0.15) is 13.3 Å². The lowest BCUT2D eigenvalue weighted by Gasteiger charge is -2.07. The van der Waals surface area contributed by atoms with Crippen molar-refractivity contribution in [3.8, 4) is 5.75 Å². The molecule has 0 aliphatic rings. The highest BCUT2D eigenvalue weighted by molar-refractivity contribution is 7.89. The van der Waals surface area contributed by atoms with Gasteiger partial charge in [-0.05, 0) is 24.6 Å². The molecule has 0 spiro atoms. The number of sulfonamides is 1. The van der Waals surface area contributed by atoms with E-state index in [1.165, 1.54) is 18.2 Å². The van der Waals surface area contributed by atoms with E-state index in [2.05, 4.69) is 10.0 Å². The number of phenolic OH excluding ortho intramolecular Hbond substituents is 1. The highest BCUT2D eigenvalue weighted by Gasteiger charge is 2.15. The third kappa shape index (κ3) is 4.34. The van der Waals surface area contributed by atoms with Crippen LogP contribution in [-0.4, -0.2) is 32.5 Å². The van der Waals surface area contributed by atoms with Gasteiger partial charge in [-0.2, -0.15) is 0 Å². The van der Waals surface area contributed by atoms with Crippen LogP contribution in [0.2, 0.25) is 0 Å². The highest BCUT2D eigenvalue weighted by Crippen LogP contribution is 2.15. The summed E-state index contributed by atoms with van der Waals surface area (Å²) in [6.45, 7) is 2.09. The summed E-state index contributed by atoms with van der Waals surface area (Å²) in [5.41, 5.74) is 0. The fourth-order valence-corrected chi connectivity index (χ4v) is 2.24. The van der Waals surface area contributed by atoms with Crippen LogP contribution in [0.5, 0.6) is 5.75 Å². The molecule has 1 amide bonds. The molecule has 0 saturated heterocycles. The first-order chi connectivity index (χ1) is 8.45. The third-order valence-electron chi connectivity index (χ3n) is 2.12. The quantitative estimate of drug-likeness (QED) is 0.689. The second kappa shape index (κ2) is 6.36. The van der Waals surface area contributed by atoms with Gasteiger partial charge in [-0.15, -0.1) is 0 Å². The number of aromatic hydroxyl groups is 1. The van der Waals surface area contributed by atoms with Crippen molar-refractivity contribution in [1.82, 2.24) is 10.0 Å². The topological polar surface area (TPSA) is 95.5 Å². The molecule has 0 fully saturated rings. The Bertz CT molecular complexity index is 514. The number of amides is 1. The molecule has 7 heteroatoms. The molecule has 100 valence electrons. The van der Waals surface area contributed by atoms with Gasteiger partial charge in [0.25, 0.3) is 0 Å². The largest absolute Gasteiger partial charge is 0.508 e. The molecule has 1 aromatic rings. The Morgan fingerprint density at radius 3 is 2.72 bits per heavy atom. The zero-order valence-corrected chi connectivity index (χ0v) is 10.8. The van der Waals surface area contributed by atoms with Gasteiger partial charge >= 0.3 is 0 Å². The van der Waals surface area contributed by atoms with Crippen molar-refractivity contribution < 1.29 is 18.3 Å². The summed E-state index contributed by atoms with van der Waals surface area (Å²) in [6.07, 6.45) is 0.783. The molecular weight excluding hydrogens is 256 g/mol. The normalized spacial score (nSPS) is 11.2. The molecule has 0 aliphatic heterocycles. The number of rotatable bonds is 6. The Morgan fingerprint density at radius 1 is 1.39 bits per heavy atom. The smallest absolute Gasteiger partial charge is 0.241 e. The van der Waals surface area contributed by atoms with E-state index in [9.17, 15) is 18.3 Å². The van der Waals surface area contributed by atoms with Gasteiger partial charge < -0.3 is 10.4 Å². The van der Waals surface area contributed by atoms with Gasteiger partial charge in [-0.25, -0.2) is 13.1 Å². The van der Waals surface area contributed by atoms with Crippen LogP contribution in [-0.2, 0) is 14.8 Å². The fraction of sp³-hybridized carbons (Fsp3) is 0.364. The second-order valence-corrected chi connectivity index (χ2v) is 5.44. The van der Waals surface area contributed by atoms with Crippen LogP contribution in [0.4, 0.5) is 0 Å². The maximum absolute atomic E-state index is 11.8. The molecule has 0 bridgehead atoms. The Kier molecular flexibility index (Phi) is 5.11. The van der Waals surface area contributed by atoms with Crippen LogP contribution < -0.4 is 10.0 Å². The summed E-state index contributed by atoms with van der Waals surface area (Å²) in [5.74, 6) is -0.533. The van der Waals surface area contributed by atoms with E-state index in [1.54, 1.807) is 0 Å². The van der Waals surface area contributed by atoms with Crippen molar-refractivity contribution >= 4 is 15.9 Å². The van der Waals surface area contributed by atoms with E-state index < -0.39 is 10.0 Å². The van der Waals surface area contributed by atoms with Gasteiger partial charge in [0, 0.05) is 6.54 Å². The van der Waals surface area contributed by atoms with Gasteiger partial charge in [0.15, 0.2) is 0 Å². The highest BCUT2D eigenvalue weighted by atomic mass is 32.2. The Hall–Kier alpha value is -1.60. The summed E-state index contributed by atoms with van der Waals surface area (Å²) in [6, 6.07) is 5.24. The zero-order valence-electron chi connectivity index (χ0n) is 10.0. The summed E-state index contributed by atoms with van der Waals surface area (Å²) in [5, 5.41) is 11.8. The molecule has 0 atom stereocenters. The van der Waals surface area contributed by atoms with Crippen LogP contribution in [0, 0.1) is 0 Å². The first-order valence-electron chi connectivity index (χ1n) is 5.51. The SMILES string of the molecule is CCCNC(=O)CNS(=O)(=O)c1cccc(O)c1. The summed E-state index contributed by atoms with van der Waals surface area (Å²) >= 11 is 0. The first kappa shape index (κ1) is 14.5. The average molecular weight is 272 g/mol. The van der Waals surface area contributed by atoms with Crippen molar-refractivity contribution in [2.75, 3.05) is 13.1 Å². The minimum absolute atomic E-state index is 0.0780. The predicted octanol–water partition coefficient (Wildman–Crippen LogP) is 0.197. The van der Waals surface area contributed by atoms with E-state index in [4.69, 9.17) is 0 Å². The van der Waals surface area contributed by atoms with Crippen LogP contribution in [0.3, 0.4) is 0 Å². The predicted molar refractivity (Wildman–Crippen MR) is 66.6 cm³/mol. The number of hydrogen-bond acceptors (Lipinski definition) is 4. The molecule has 0 unspecified atom stereocenters. The minimum Gasteiger partial charge on any atom is -0.508 e. The van der Waals surface area contributed by atoms with Gasteiger partial charge in [-0.1, -0.05) is 13.0 Å². The number of nitrogens with one attached hydrogen (secondary N) is 2. The molecule has 1 rings (SSSR count). The van der Waals surface area contributed by atoms with Gasteiger partial charge in [-0.3, -0.25) is 4.79 Å². The van der Waals surface area contributed by atoms with E-state index in [1.807, 2.05) is 6.92 Å². The van der Waals surface area contributed by atoms with Crippen molar-refractivity contribution in [2.24, 2.45) is 0 Å². The summed E-state index contributed by atoms with van der Waals surface area (Å²) in [7, 11) is -3.77. The minimum atomic E-state index is -3.77. The molecule has 0 saturated carbocycles. The number of benzene rings is 1. The maximum atomic E-state index is 11.8. The first-order valence-corrected chi connectivity index (χ1v) is 6.99. The third-order valence-corrected chi connectivity index (χ3v) is 3.52. The standard InChI is InChI=1S/C11H16N2O4S/c1-2-6-12-11(15)8-13-18(16,17)10-5-3-4-9(14)7-10/h3-5,7,13-14H,2,6,8H2,1H3,(H,12,15). The second-order valence-electron chi connectivity index (χ2n) is 3.67. The lowest BCUT2D eigenvalue weighted by atomic mass is 10.3. The molecule has 1 aromatic carbocycles. The molecular formula is C11H16N2O4S. The van der Waals surface area contributed by atoms with Crippen LogP contribution >= 0.6 is 0 Å². The number of hydrogen-bond donors (Lipinski definition) is 3. The van der Waals surface area contributed by atoms with E-state index in [0.29, 0.717) is 6.54 Å². The molecule has 0 aromatic heterocycles. The lowest BCUT2D eigenvalue weighted by Crippen LogP contribution is -2.37. The fourth-order valence-electron chi connectivity index (χ4n) is 1.22. The van der Waals surface area contributed by atoms with Crippen LogP contribution in [0.25, 0.3) is 0 Å². The van der Waals surface area contributed by atoms with E-state index in [0.717, 1.165) is 12.5 Å². The average Bonchev–Trinajstić information content (AvgIpc) is 2.34. The van der Waals surface area contributed by atoms with Crippen molar-refractivity contribution in [2.45, 2.75) is 18.2 Å². The molecule has 18 heavy (non-hydrogen) atoms. The monoisotopic (exact) mass is 272 g/mol. The number of phenols is 1. The molecule has 3 N–H and O–H groups in total. The Labute approximate surface area is 106 Å². The van der Waals surface area contributed by atoms with Crippen molar-refractivity contribution in [1.29, 1.82) is 0 Å². The Morgan fingerprint density at radius 2 is 2.11 bits per heavy atom. The zero-order chi connectivity index (χ0) is 13.6.